The normalized spacial score (nSPS) is 11.0. The molecule has 0 unspecified atom stereocenters. The lowest BCUT2D eigenvalue weighted by molar-refractivity contribution is 0.0635. The second-order valence-electron chi connectivity index (χ2n) is 6.27. The third kappa shape index (κ3) is 4.84. The third-order valence-electron chi connectivity index (χ3n) is 2.97. The van der Waals surface area contributed by atoms with Gasteiger partial charge in [-0.2, -0.15) is 0 Å². The summed E-state index contributed by atoms with van der Waals surface area (Å²) < 4.78 is 10.4. The van der Waals surface area contributed by atoms with Crippen LogP contribution in [0, 0.1) is 0 Å². The first-order valence-corrected chi connectivity index (χ1v) is 7.49. The molecule has 2 aromatic rings. The first-order chi connectivity index (χ1) is 11.3. The number of hydrogen-bond acceptors (Lipinski definition) is 5. The molecule has 0 aliphatic rings. The molecule has 0 atom stereocenters. The molecule has 2 aromatic heterocycles. The summed E-state index contributed by atoms with van der Waals surface area (Å²) in [6.45, 7) is 5.60. The molecule has 0 fully saturated rings. The number of anilines is 1. The van der Waals surface area contributed by atoms with E-state index < -0.39 is 11.7 Å². The fourth-order valence-electron chi connectivity index (χ4n) is 1.97. The number of nitrogens with one attached hydrogen (secondary N) is 1. The van der Waals surface area contributed by atoms with E-state index in [9.17, 15) is 9.59 Å². The van der Waals surface area contributed by atoms with Crippen LogP contribution in [0.5, 0.6) is 0 Å². The Labute approximate surface area is 140 Å². The van der Waals surface area contributed by atoms with Crippen LogP contribution in [0.4, 0.5) is 10.5 Å². The molecule has 0 spiro atoms. The van der Waals surface area contributed by atoms with E-state index in [2.05, 4.69) is 10.3 Å². The summed E-state index contributed by atoms with van der Waals surface area (Å²) in [4.78, 5) is 30.0. The van der Waals surface area contributed by atoms with Crippen molar-refractivity contribution in [2.75, 3.05) is 12.4 Å². The quantitative estimate of drug-likeness (QED) is 0.929. The van der Waals surface area contributed by atoms with Crippen molar-refractivity contribution in [3.8, 4) is 0 Å². The van der Waals surface area contributed by atoms with Crippen molar-refractivity contribution in [2.24, 2.45) is 0 Å². The van der Waals surface area contributed by atoms with Crippen LogP contribution in [0.3, 0.4) is 0 Å². The summed E-state index contributed by atoms with van der Waals surface area (Å²) in [6.07, 6.45) is 2.36. The van der Waals surface area contributed by atoms with Crippen molar-refractivity contribution in [1.29, 1.82) is 0 Å². The summed E-state index contributed by atoms with van der Waals surface area (Å²) in [5.74, 6) is -0.323. The highest BCUT2D eigenvalue weighted by atomic mass is 16.6. The smallest absolute Gasteiger partial charge is 0.412 e. The summed E-state index contributed by atoms with van der Waals surface area (Å²) in [6, 6.07) is 6.99. The van der Waals surface area contributed by atoms with Gasteiger partial charge in [0, 0.05) is 19.3 Å². The summed E-state index contributed by atoms with van der Waals surface area (Å²) in [7, 11) is 1.64. The van der Waals surface area contributed by atoms with Gasteiger partial charge in [0.05, 0.1) is 24.2 Å². The van der Waals surface area contributed by atoms with Crippen molar-refractivity contribution < 1.29 is 18.7 Å². The van der Waals surface area contributed by atoms with E-state index in [1.54, 1.807) is 40.1 Å². The molecule has 0 saturated heterocycles. The van der Waals surface area contributed by atoms with Gasteiger partial charge in [-0.3, -0.25) is 15.1 Å². The van der Waals surface area contributed by atoms with E-state index in [1.807, 2.05) is 12.1 Å². The molecule has 1 N–H and O–H groups in total. The van der Waals surface area contributed by atoms with Crippen molar-refractivity contribution in [1.82, 2.24) is 9.88 Å². The summed E-state index contributed by atoms with van der Waals surface area (Å²) >= 11 is 0. The Morgan fingerprint density at radius 2 is 2.04 bits per heavy atom. The number of carbonyl (C=O) groups is 2. The largest absolute Gasteiger partial charge is 0.457 e. The van der Waals surface area contributed by atoms with Crippen molar-refractivity contribution >= 4 is 17.7 Å². The van der Waals surface area contributed by atoms with E-state index >= 15 is 0 Å². The monoisotopic (exact) mass is 331 g/mol. The maximum Gasteiger partial charge on any atom is 0.412 e. The molecule has 2 heterocycles. The average Bonchev–Trinajstić information content (AvgIpc) is 2.93. The number of pyridine rings is 1. The van der Waals surface area contributed by atoms with Gasteiger partial charge in [0.1, 0.15) is 5.60 Å². The fourth-order valence-corrected chi connectivity index (χ4v) is 1.97. The molecule has 0 radical (unpaired) electrons. The molecule has 24 heavy (non-hydrogen) atoms. The van der Waals surface area contributed by atoms with Crippen LogP contribution in [0.15, 0.2) is 41.1 Å². The molecule has 0 bridgehead atoms. The molecule has 0 aliphatic heterocycles. The average molecular weight is 331 g/mol. The van der Waals surface area contributed by atoms with Gasteiger partial charge in [-0.1, -0.05) is 6.07 Å². The van der Waals surface area contributed by atoms with Gasteiger partial charge in [-0.05, 0) is 32.9 Å². The standard InChI is InChI=1S/C17H21N3O4/c1-17(2,3)24-16(22)19-13-8-10-23-14(13)15(21)20(4)11-12-7-5-6-9-18-12/h5-10H,11H2,1-4H3,(H,19,22). The van der Waals surface area contributed by atoms with Crippen LogP contribution in [0.25, 0.3) is 0 Å². The number of rotatable bonds is 4. The highest BCUT2D eigenvalue weighted by Gasteiger charge is 2.23. The Hall–Kier alpha value is -2.83. The molecule has 0 aliphatic carbocycles. The molecular formula is C17H21N3O4. The zero-order valence-corrected chi connectivity index (χ0v) is 14.2. The zero-order valence-electron chi connectivity index (χ0n) is 14.2. The molecule has 2 amide bonds. The van der Waals surface area contributed by atoms with Gasteiger partial charge < -0.3 is 14.1 Å². The van der Waals surface area contributed by atoms with Gasteiger partial charge in [0.2, 0.25) is 5.76 Å². The van der Waals surface area contributed by atoms with Crippen LogP contribution in [0.1, 0.15) is 37.0 Å². The van der Waals surface area contributed by atoms with Gasteiger partial charge in [-0.25, -0.2) is 4.79 Å². The van der Waals surface area contributed by atoms with Gasteiger partial charge in [-0.15, -0.1) is 0 Å². The van der Waals surface area contributed by atoms with Gasteiger partial charge in [0.25, 0.3) is 5.91 Å². The van der Waals surface area contributed by atoms with E-state index in [0.29, 0.717) is 6.54 Å². The minimum atomic E-state index is -0.648. The highest BCUT2D eigenvalue weighted by Crippen LogP contribution is 2.20. The second kappa shape index (κ2) is 7.16. The predicted octanol–water partition coefficient (Wildman–Crippen LogP) is 3.29. The molecule has 0 saturated carbocycles. The Morgan fingerprint density at radius 3 is 2.67 bits per heavy atom. The van der Waals surface area contributed by atoms with Crippen LogP contribution < -0.4 is 5.32 Å². The fraction of sp³-hybridized carbons (Fsp3) is 0.353. The Balaban J connectivity index is 2.05. The molecule has 0 aromatic carbocycles. The van der Waals surface area contributed by atoms with E-state index in [4.69, 9.17) is 9.15 Å². The van der Waals surface area contributed by atoms with Crippen molar-refractivity contribution in [2.45, 2.75) is 32.9 Å². The first kappa shape index (κ1) is 17.5. The minimum Gasteiger partial charge on any atom is -0.457 e. The highest BCUT2D eigenvalue weighted by molar-refractivity contribution is 6.00. The van der Waals surface area contributed by atoms with Crippen molar-refractivity contribution in [3.63, 3.8) is 0 Å². The summed E-state index contributed by atoms with van der Waals surface area (Å²) in [5, 5.41) is 2.53. The van der Waals surface area contributed by atoms with Crippen LogP contribution in [-0.4, -0.2) is 34.5 Å². The number of furan rings is 1. The maximum atomic E-state index is 12.5. The van der Waals surface area contributed by atoms with Crippen LogP contribution in [-0.2, 0) is 11.3 Å². The van der Waals surface area contributed by atoms with E-state index in [1.165, 1.54) is 17.2 Å². The molecule has 2 rings (SSSR count). The Bertz CT molecular complexity index is 704. The van der Waals surface area contributed by atoms with Crippen LogP contribution in [0.2, 0.25) is 0 Å². The molecule has 128 valence electrons. The third-order valence-corrected chi connectivity index (χ3v) is 2.97. The summed E-state index contributed by atoms with van der Waals surface area (Å²) in [5.41, 5.74) is 0.386. The lowest BCUT2D eigenvalue weighted by atomic mass is 10.2. The SMILES string of the molecule is CN(Cc1ccccn1)C(=O)c1occc1NC(=O)OC(C)(C)C. The van der Waals surface area contributed by atoms with E-state index in [0.717, 1.165) is 5.69 Å². The number of amides is 2. The number of nitrogens with zero attached hydrogens (tertiary/aromatic N) is 2. The number of ether oxygens (including phenoxy) is 1. The zero-order chi connectivity index (χ0) is 17.7. The molecule has 7 heteroatoms. The second-order valence-corrected chi connectivity index (χ2v) is 6.27. The molecule has 7 nitrogen and oxygen atoms in total. The Morgan fingerprint density at radius 1 is 1.29 bits per heavy atom. The maximum absolute atomic E-state index is 12.5. The lowest BCUT2D eigenvalue weighted by Gasteiger charge is -2.20. The topological polar surface area (TPSA) is 84.7 Å². The van der Waals surface area contributed by atoms with Gasteiger partial charge in [0.15, 0.2) is 0 Å². The van der Waals surface area contributed by atoms with Gasteiger partial charge >= 0.3 is 6.09 Å². The molecular weight excluding hydrogens is 310 g/mol. The predicted molar refractivity (Wildman–Crippen MR) is 88.6 cm³/mol. The number of aromatic nitrogens is 1. The van der Waals surface area contributed by atoms with Crippen molar-refractivity contribution in [3.05, 3.63) is 48.2 Å². The first-order valence-electron chi connectivity index (χ1n) is 7.49. The van der Waals surface area contributed by atoms with E-state index in [-0.39, 0.29) is 17.4 Å². The number of carbonyl (C=O) groups excluding carboxylic acids is 2. The lowest BCUT2D eigenvalue weighted by Crippen LogP contribution is -2.29. The number of hydrogen-bond donors (Lipinski definition) is 1. The minimum absolute atomic E-state index is 0.0410. The Kier molecular flexibility index (Phi) is 5.23. The van der Waals surface area contributed by atoms with Crippen LogP contribution >= 0.6 is 0 Å².